The maximum absolute atomic E-state index is 10.0. The molecule has 2 aliphatic heterocycles. The number of hydrogen-bond donors (Lipinski definition) is 2. The zero-order chi connectivity index (χ0) is 10.3. The highest BCUT2D eigenvalue weighted by Gasteiger charge is 2.48. The van der Waals surface area contributed by atoms with Crippen molar-refractivity contribution in [2.75, 3.05) is 26.3 Å². The van der Waals surface area contributed by atoms with E-state index < -0.39 is 5.60 Å². The molecule has 0 saturated carbocycles. The van der Waals surface area contributed by atoms with Gasteiger partial charge in [-0.25, -0.2) is 0 Å². The van der Waals surface area contributed by atoms with E-state index in [2.05, 4.69) is 4.90 Å². The summed E-state index contributed by atoms with van der Waals surface area (Å²) in [7, 11) is 0. The van der Waals surface area contributed by atoms with Crippen molar-refractivity contribution in [2.24, 2.45) is 5.92 Å². The monoisotopic (exact) mass is 201 g/mol. The summed E-state index contributed by atoms with van der Waals surface area (Å²) in [4.78, 5) is 2.11. The van der Waals surface area contributed by atoms with Gasteiger partial charge in [0.25, 0.3) is 0 Å². The Labute approximate surface area is 84.5 Å². The van der Waals surface area contributed by atoms with Crippen LogP contribution in [0.25, 0.3) is 0 Å². The third kappa shape index (κ3) is 1.56. The van der Waals surface area contributed by atoms with E-state index in [-0.39, 0.29) is 18.1 Å². The fraction of sp³-hybridized carbons (Fsp3) is 1.00. The van der Waals surface area contributed by atoms with Crippen molar-refractivity contribution < 1.29 is 14.9 Å². The van der Waals surface area contributed by atoms with E-state index in [9.17, 15) is 10.2 Å². The Hall–Kier alpha value is -0.160. The van der Waals surface area contributed by atoms with Crippen LogP contribution in [-0.2, 0) is 4.74 Å². The van der Waals surface area contributed by atoms with Crippen LogP contribution in [0.2, 0.25) is 0 Å². The van der Waals surface area contributed by atoms with Crippen LogP contribution < -0.4 is 0 Å². The van der Waals surface area contributed by atoms with Gasteiger partial charge in [0.05, 0.1) is 31.0 Å². The van der Waals surface area contributed by atoms with Crippen LogP contribution in [-0.4, -0.2) is 59.2 Å². The lowest BCUT2D eigenvalue weighted by atomic mass is 9.82. The first-order valence-electron chi connectivity index (χ1n) is 5.25. The van der Waals surface area contributed by atoms with Crippen molar-refractivity contribution in [1.29, 1.82) is 0 Å². The van der Waals surface area contributed by atoms with E-state index in [1.165, 1.54) is 0 Å². The second-order valence-corrected chi connectivity index (χ2v) is 4.84. The van der Waals surface area contributed by atoms with E-state index in [0.29, 0.717) is 26.3 Å². The first-order chi connectivity index (χ1) is 6.53. The molecule has 0 amide bonds. The molecule has 0 unspecified atom stereocenters. The van der Waals surface area contributed by atoms with E-state index in [0.717, 1.165) is 0 Å². The van der Waals surface area contributed by atoms with Gasteiger partial charge in [-0.1, -0.05) is 13.8 Å². The number of aliphatic hydroxyl groups excluding tert-OH is 1. The van der Waals surface area contributed by atoms with Gasteiger partial charge in [-0.2, -0.15) is 0 Å². The standard InChI is InChI=1S/C10H19NO3/c1-7(2)10(13)5-11(6-10)8-3-14-4-9(8)12/h7-9,12-13H,3-6H2,1-2H3/t8-,9-/m1/s1. The van der Waals surface area contributed by atoms with Crippen LogP contribution in [0.15, 0.2) is 0 Å². The molecule has 0 aromatic heterocycles. The van der Waals surface area contributed by atoms with Gasteiger partial charge >= 0.3 is 0 Å². The topological polar surface area (TPSA) is 52.9 Å². The Morgan fingerprint density at radius 3 is 2.43 bits per heavy atom. The van der Waals surface area contributed by atoms with Crippen molar-refractivity contribution >= 4 is 0 Å². The Morgan fingerprint density at radius 1 is 1.36 bits per heavy atom. The number of aliphatic hydroxyl groups is 2. The van der Waals surface area contributed by atoms with E-state index in [4.69, 9.17) is 4.74 Å². The van der Waals surface area contributed by atoms with Gasteiger partial charge in [-0.3, -0.25) is 4.90 Å². The minimum absolute atomic E-state index is 0.0917. The maximum Gasteiger partial charge on any atom is 0.0950 e. The van der Waals surface area contributed by atoms with Crippen molar-refractivity contribution in [3.8, 4) is 0 Å². The molecule has 0 aromatic carbocycles. The lowest BCUT2D eigenvalue weighted by Gasteiger charge is -2.51. The van der Waals surface area contributed by atoms with Crippen LogP contribution in [0.3, 0.4) is 0 Å². The predicted molar refractivity (Wildman–Crippen MR) is 52.0 cm³/mol. The summed E-state index contributed by atoms with van der Waals surface area (Å²) < 4.78 is 5.18. The Balaban J connectivity index is 1.88. The molecule has 2 fully saturated rings. The van der Waals surface area contributed by atoms with Crippen LogP contribution in [0.1, 0.15) is 13.8 Å². The molecule has 14 heavy (non-hydrogen) atoms. The van der Waals surface area contributed by atoms with Crippen LogP contribution >= 0.6 is 0 Å². The summed E-state index contributed by atoms with van der Waals surface area (Å²) in [5.41, 5.74) is -0.553. The number of ether oxygens (including phenoxy) is 1. The van der Waals surface area contributed by atoms with Gasteiger partial charge in [-0.15, -0.1) is 0 Å². The largest absolute Gasteiger partial charge is 0.389 e. The maximum atomic E-state index is 10.0. The summed E-state index contributed by atoms with van der Waals surface area (Å²) in [6, 6.07) is 0.0917. The van der Waals surface area contributed by atoms with E-state index >= 15 is 0 Å². The fourth-order valence-corrected chi connectivity index (χ4v) is 2.14. The molecule has 0 bridgehead atoms. The number of rotatable bonds is 2. The molecule has 0 radical (unpaired) electrons. The summed E-state index contributed by atoms with van der Waals surface area (Å²) >= 11 is 0. The Morgan fingerprint density at radius 2 is 2.00 bits per heavy atom. The van der Waals surface area contributed by atoms with Gasteiger partial charge in [0.1, 0.15) is 0 Å². The van der Waals surface area contributed by atoms with Crippen molar-refractivity contribution in [2.45, 2.75) is 31.6 Å². The molecule has 82 valence electrons. The number of β-amino-alcohol motifs (C(OH)–C–C–N with tert-alkyl or cyclic N) is 1. The summed E-state index contributed by atoms with van der Waals surface area (Å²) in [6.45, 7) is 6.40. The number of nitrogens with zero attached hydrogens (tertiary/aromatic N) is 1. The van der Waals surface area contributed by atoms with Crippen molar-refractivity contribution in [3.63, 3.8) is 0 Å². The third-order valence-electron chi connectivity index (χ3n) is 3.52. The highest BCUT2D eigenvalue weighted by Crippen LogP contribution is 2.32. The molecular formula is C10H19NO3. The second-order valence-electron chi connectivity index (χ2n) is 4.84. The molecule has 4 heteroatoms. The molecule has 0 aliphatic carbocycles. The van der Waals surface area contributed by atoms with Gasteiger partial charge in [0.2, 0.25) is 0 Å². The van der Waals surface area contributed by atoms with Crippen LogP contribution in [0.5, 0.6) is 0 Å². The molecule has 0 spiro atoms. The molecule has 2 N–H and O–H groups in total. The minimum atomic E-state index is -0.553. The van der Waals surface area contributed by atoms with Crippen LogP contribution in [0.4, 0.5) is 0 Å². The first-order valence-corrected chi connectivity index (χ1v) is 5.25. The number of likely N-dealkylation sites (tertiary alicyclic amines) is 1. The summed E-state index contributed by atoms with van der Waals surface area (Å²) in [6.07, 6.45) is -0.383. The number of hydrogen-bond acceptors (Lipinski definition) is 4. The molecule has 2 heterocycles. The fourth-order valence-electron chi connectivity index (χ4n) is 2.14. The summed E-state index contributed by atoms with van der Waals surface area (Å²) in [5.74, 6) is 0.276. The molecule has 0 aromatic rings. The molecule has 2 atom stereocenters. The van der Waals surface area contributed by atoms with Gasteiger partial charge in [0, 0.05) is 13.1 Å². The average Bonchev–Trinajstić information content (AvgIpc) is 2.45. The highest BCUT2D eigenvalue weighted by atomic mass is 16.5. The lowest BCUT2D eigenvalue weighted by Crippen LogP contribution is -2.68. The molecule has 2 rings (SSSR count). The molecular weight excluding hydrogens is 182 g/mol. The molecule has 2 aliphatic rings. The summed E-state index contributed by atoms with van der Waals surface area (Å²) in [5, 5.41) is 19.6. The second kappa shape index (κ2) is 3.45. The highest BCUT2D eigenvalue weighted by molar-refractivity contribution is 5.02. The zero-order valence-corrected chi connectivity index (χ0v) is 8.81. The average molecular weight is 201 g/mol. The lowest BCUT2D eigenvalue weighted by molar-refractivity contribution is -0.150. The van der Waals surface area contributed by atoms with Crippen molar-refractivity contribution in [1.82, 2.24) is 4.90 Å². The molecule has 2 saturated heterocycles. The smallest absolute Gasteiger partial charge is 0.0950 e. The van der Waals surface area contributed by atoms with Gasteiger partial charge in [-0.05, 0) is 5.92 Å². The van der Waals surface area contributed by atoms with Gasteiger partial charge in [0.15, 0.2) is 0 Å². The zero-order valence-electron chi connectivity index (χ0n) is 8.81. The molecule has 4 nitrogen and oxygen atoms in total. The third-order valence-corrected chi connectivity index (χ3v) is 3.52. The SMILES string of the molecule is CC(C)C1(O)CN([C@@H]2COC[C@H]2O)C1. The predicted octanol–water partition coefficient (Wildman–Crippen LogP) is -0.551. The van der Waals surface area contributed by atoms with E-state index in [1.807, 2.05) is 13.8 Å². The van der Waals surface area contributed by atoms with E-state index in [1.54, 1.807) is 0 Å². The minimum Gasteiger partial charge on any atom is -0.389 e. The quantitative estimate of drug-likeness (QED) is 0.629. The Bertz CT molecular complexity index is 213. The van der Waals surface area contributed by atoms with Crippen LogP contribution in [0, 0.1) is 5.92 Å². The Kier molecular flexibility index (Phi) is 2.55. The van der Waals surface area contributed by atoms with Crippen molar-refractivity contribution in [3.05, 3.63) is 0 Å². The van der Waals surface area contributed by atoms with Gasteiger partial charge < -0.3 is 14.9 Å². The normalized spacial score (nSPS) is 37.5. The first kappa shape index (κ1) is 10.4.